The molecule has 0 saturated heterocycles. The van der Waals surface area contributed by atoms with Crippen LogP contribution in [-0.4, -0.2) is 33.4 Å². The number of hydrogen-bond donors (Lipinski definition) is 1. The highest BCUT2D eigenvalue weighted by molar-refractivity contribution is 6.29. The van der Waals surface area contributed by atoms with Gasteiger partial charge in [-0.25, -0.2) is 4.98 Å². The highest BCUT2D eigenvalue weighted by atomic mass is 35.5. The minimum atomic E-state index is -1.17. The Morgan fingerprint density at radius 1 is 1.57 bits per heavy atom. The molecule has 0 amide bonds. The number of pyridine rings is 1. The molecule has 0 bridgehead atoms. The van der Waals surface area contributed by atoms with E-state index in [2.05, 4.69) is 9.98 Å². The van der Waals surface area contributed by atoms with Gasteiger partial charge < -0.3 is 5.41 Å². The van der Waals surface area contributed by atoms with Crippen LogP contribution in [0.1, 0.15) is 18.9 Å². The van der Waals surface area contributed by atoms with E-state index in [0.29, 0.717) is 17.1 Å². The average molecular weight is 307 g/mol. The molecule has 2 rings (SSSR count). The van der Waals surface area contributed by atoms with Gasteiger partial charge >= 0.3 is 0 Å². The van der Waals surface area contributed by atoms with Gasteiger partial charge in [-0.3, -0.25) is 15.1 Å². The van der Waals surface area contributed by atoms with Gasteiger partial charge in [-0.2, -0.15) is 0 Å². The first-order chi connectivity index (χ1) is 9.98. The zero-order valence-electron chi connectivity index (χ0n) is 11.5. The zero-order valence-corrected chi connectivity index (χ0v) is 12.2. The van der Waals surface area contributed by atoms with Crippen molar-refractivity contribution in [2.45, 2.75) is 31.3 Å². The molecule has 0 aliphatic carbocycles. The lowest BCUT2D eigenvalue weighted by Gasteiger charge is -2.26. The second-order valence-corrected chi connectivity index (χ2v) is 5.25. The first-order valence-electron chi connectivity index (χ1n) is 6.53. The van der Waals surface area contributed by atoms with E-state index in [1.54, 1.807) is 30.5 Å². The van der Waals surface area contributed by atoms with Crippen molar-refractivity contribution < 1.29 is 4.92 Å². The molecule has 1 aliphatic rings. The van der Waals surface area contributed by atoms with Crippen LogP contribution in [0.3, 0.4) is 0 Å². The lowest BCUT2D eigenvalue weighted by molar-refractivity contribution is -0.511. The van der Waals surface area contributed by atoms with Gasteiger partial charge in [0.1, 0.15) is 5.15 Å². The smallest absolute Gasteiger partial charge is 0.278 e. The standard InChI is InChI=1S/C14H15ClN4O2/c1-2-14(6-3-7-18-14)13(19(20)21)11(16)8-10-4-5-12(15)17-9-10/h3-7,9,13,16H,2,8H2,1H3. The molecule has 2 heterocycles. The van der Waals surface area contributed by atoms with Crippen molar-refractivity contribution in [2.24, 2.45) is 4.99 Å². The minimum absolute atomic E-state index is 0.00896. The molecule has 1 aromatic heterocycles. The first-order valence-corrected chi connectivity index (χ1v) is 6.90. The van der Waals surface area contributed by atoms with Crippen molar-refractivity contribution in [2.75, 3.05) is 0 Å². The summed E-state index contributed by atoms with van der Waals surface area (Å²) in [6.45, 7) is 1.83. The minimum Gasteiger partial charge on any atom is -0.302 e. The highest BCUT2D eigenvalue weighted by Gasteiger charge is 2.47. The molecule has 21 heavy (non-hydrogen) atoms. The number of hydrogen-bond acceptors (Lipinski definition) is 5. The number of rotatable bonds is 6. The molecular weight excluding hydrogens is 292 g/mol. The number of aliphatic imine (C=N–C) groups is 1. The van der Waals surface area contributed by atoms with Gasteiger partial charge in [-0.1, -0.05) is 24.6 Å². The Bertz CT molecular complexity index is 598. The number of nitrogens with one attached hydrogen (secondary N) is 1. The van der Waals surface area contributed by atoms with Crippen molar-refractivity contribution in [3.63, 3.8) is 0 Å². The van der Waals surface area contributed by atoms with Crippen LogP contribution in [0.15, 0.2) is 35.5 Å². The average Bonchev–Trinajstić information content (AvgIpc) is 2.91. The maximum Gasteiger partial charge on any atom is 0.278 e. The van der Waals surface area contributed by atoms with E-state index >= 15 is 0 Å². The molecule has 0 spiro atoms. The molecular formula is C14H15ClN4O2. The molecule has 0 aromatic carbocycles. The van der Waals surface area contributed by atoms with Crippen molar-refractivity contribution in [3.8, 4) is 0 Å². The summed E-state index contributed by atoms with van der Waals surface area (Å²) >= 11 is 5.71. The van der Waals surface area contributed by atoms with E-state index in [0.717, 1.165) is 0 Å². The fourth-order valence-corrected chi connectivity index (χ4v) is 2.55. The molecule has 2 unspecified atom stereocenters. The molecule has 1 aliphatic heterocycles. The monoisotopic (exact) mass is 306 g/mol. The third-order valence-corrected chi connectivity index (χ3v) is 3.77. The van der Waals surface area contributed by atoms with Crippen LogP contribution in [0.4, 0.5) is 0 Å². The van der Waals surface area contributed by atoms with Crippen LogP contribution in [0.2, 0.25) is 5.15 Å². The van der Waals surface area contributed by atoms with Gasteiger partial charge in [-0.05, 0) is 30.2 Å². The maximum absolute atomic E-state index is 11.5. The van der Waals surface area contributed by atoms with E-state index in [-0.39, 0.29) is 12.1 Å². The van der Waals surface area contributed by atoms with Gasteiger partial charge in [0.25, 0.3) is 6.04 Å². The van der Waals surface area contributed by atoms with Crippen LogP contribution in [-0.2, 0) is 6.42 Å². The molecule has 0 radical (unpaired) electrons. The Labute approximate surface area is 127 Å². The first kappa shape index (κ1) is 15.3. The quantitative estimate of drug-likeness (QED) is 0.379. The Balaban J connectivity index is 2.24. The zero-order chi connectivity index (χ0) is 15.5. The van der Waals surface area contributed by atoms with Crippen LogP contribution in [0.5, 0.6) is 0 Å². The maximum atomic E-state index is 11.5. The van der Waals surface area contributed by atoms with Gasteiger partial charge in [-0.15, -0.1) is 0 Å². The molecule has 7 heteroatoms. The van der Waals surface area contributed by atoms with Gasteiger partial charge in [0.05, 0.1) is 5.71 Å². The highest BCUT2D eigenvalue weighted by Crippen LogP contribution is 2.29. The molecule has 1 N–H and O–H groups in total. The van der Waals surface area contributed by atoms with Gasteiger partial charge in [0.15, 0.2) is 5.54 Å². The number of halogens is 1. The van der Waals surface area contributed by atoms with Crippen LogP contribution < -0.4 is 0 Å². The molecule has 2 atom stereocenters. The Morgan fingerprint density at radius 2 is 2.33 bits per heavy atom. The second-order valence-electron chi connectivity index (χ2n) is 4.86. The molecule has 1 aromatic rings. The summed E-state index contributed by atoms with van der Waals surface area (Å²) in [4.78, 5) is 19.2. The van der Waals surface area contributed by atoms with E-state index in [4.69, 9.17) is 17.0 Å². The summed E-state index contributed by atoms with van der Waals surface area (Å²) in [5, 5.41) is 20.0. The number of allylic oxidation sites excluding steroid dienone is 1. The number of aromatic nitrogens is 1. The Morgan fingerprint density at radius 3 is 2.81 bits per heavy atom. The summed E-state index contributed by atoms with van der Waals surface area (Å²) in [6, 6.07) is 2.15. The Hall–Kier alpha value is -2.08. The summed E-state index contributed by atoms with van der Waals surface area (Å²) in [5.74, 6) is 0. The van der Waals surface area contributed by atoms with Gasteiger partial charge in [0.2, 0.25) is 0 Å². The van der Waals surface area contributed by atoms with E-state index in [1.165, 1.54) is 6.20 Å². The van der Waals surface area contributed by atoms with Gasteiger partial charge in [0, 0.05) is 23.8 Å². The van der Waals surface area contributed by atoms with Crippen molar-refractivity contribution >= 4 is 23.5 Å². The third-order valence-electron chi connectivity index (χ3n) is 3.55. The van der Waals surface area contributed by atoms with Crippen LogP contribution >= 0.6 is 11.6 Å². The lowest BCUT2D eigenvalue weighted by atomic mass is 9.84. The summed E-state index contributed by atoms with van der Waals surface area (Å²) < 4.78 is 0. The summed E-state index contributed by atoms with van der Waals surface area (Å²) in [6.07, 6.45) is 7.09. The summed E-state index contributed by atoms with van der Waals surface area (Å²) in [7, 11) is 0. The molecule has 0 saturated carbocycles. The predicted octanol–water partition coefficient (Wildman–Crippen LogP) is 2.73. The molecule has 110 valence electrons. The lowest BCUT2D eigenvalue weighted by Crippen LogP contribution is -2.48. The molecule has 6 nitrogen and oxygen atoms in total. The second kappa shape index (κ2) is 6.13. The summed E-state index contributed by atoms with van der Waals surface area (Å²) in [5.41, 5.74) is -0.233. The van der Waals surface area contributed by atoms with Crippen molar-refractivity contribution in [3.05, 3.63) is 51.3 Å². The van der Waals surface area contributed by atoms with Crippen molar-refractivity contribution in [1.29, 1.82) is 5.41 Å². The predicted molar refractivity (Wildman–Crippen MR) is 82.1 cm³/mol. The Kier molecular flexibility index (Phi) is 4.47. The topological polar surface area (TPSA) is 92.2 Å². The van der Waals surface area contributed by atoms with Crippen molar-refractivity contribution in [1.82, 2.24) is 4.98 Å². The fourth-order valence-electron chi connectivity index (χ4n) is 2.44. The molecule has 0 fully saturated rings. The third kappa shape index (κ3) is 3.16. The number of nitro groups is 1. The fraction of sp³-hybridized carbons (Fsp3) is 0.357. The van der Waals surface area contributed by atoms with E-state index < -0.39 is 16.5 Å². The van der Waals surface area contributed by atoms with E-state index in [1.807, 2.05) is 6.92 Å². The van der Waals surface area contributed by atoms with Crippen LogP contribution in [0, 0.1) is 15.5 Å². The largest absolute Gasteiger partial charge is 0.302 e. The number of nitrogens with zero attached hydrogens (tertiary/aromatic N) is 3. The SMILES string of the molecule is CCC1(C(C(=N)Cc2ccc(Cl)nc2)[N+](=O)[O-])C=CC=N1. The van der Waals surface area contributed by atoms with Crippen LogP contribution in [0.25, 0.3) is 0 Å². The normalized spacial score (nSPS) is 21.4. The van der Waals surface area contributed by atoms with E-state index in [9.17, 15) is 10.1 Å².